The Morgan fingerprint density at radius 3 is 2.12 bits per heavy atom. The number of rotatable bonds is 7. The molecular formula is C30H24BrNO2. The van der Waals surface area contributed by atoms with E-state index in [1.54, 1.807) is 0 Å². The number of carbonyl (C=O) groups is 1. The molecule has 0 aliphatic heterocycles. The van der Waals surface area contributed by atoms with Gasteiger partial charge in [0, 0.05) is 27.0 Å². The van der Waals surface area contributed by atoms with Crippen molar-refractivity contribution in [1.82, 2.24) is 0 Å². The fraction of sp³-hybridized carbons (Fsp3) is 0.100. The first-order valence-electron chi connectivity index (χ1n) is 11.3. The van der Waals surface area contributed by atoms with E-state index in [4.69, 9.17) is 4.42 Å². The van der Waals surface area contributed by atoms with Crippen LogP contribution in [0.25, 0.3) is 22.3 Å². The SMILES string of the molecule is O=C(Nc1ccc(-c2cc3ccccc3o2)cc1)C(Cc1ccccc1)Cc1ccc(Br)cc1. The number of hydrogen-bond acceptors (Lipinski definition) is 2. The quantitative estimate of drug-likeness (QED) is 0.242. The maximum absolute atomic E-state index is 13.3. The van der Waals surface area contributed by atoms with Gasteiger partial charge in [0.25, 0.3) is 0 Å². The largest absolute Gasteiger partial charge is 0.456 e. The van der Waals surface area contributed by atoms with E-state index < -0.39 is 0 Å². The van der Waals surface area contributed by atoms with Crippen molar-refractivity contribution in [3.05, 3.63) is 125 Å². The number of fused-ring (bicyclic) bond motifs is 1. The number of anilines is 1. The highest BCUT2D eigenvalue weighted by molar-refractivity contribution is 9.10. The third-order valence-electron chi connectivity index (χ3n) is 5.95. The molecule has 1 heterocycles. The lowest BCUT2D eigenvalue weighted by molar-refractivity contribution is -0.119. The zero-order valence-corrected chi connectivity index (χ0v) is 20.2. The van der Waals surface area contributed by atoms with Crippen molar-refractivity contribution in [3.63, 3.8) is 0 Å². The van der Waals surface area contributed by atoms with Gasteiger partial charge in [-0.15, -0.1) is 0 Å². The summed E-state index contributed by atoms with van der Waals surface area (Å²) in [6.45, 7) is 0. The second-order valence-electron chi connectivity index (χ2n) is 8.43. The van der Waals surface area contributed by atoms with E-state index in [0.717, 1.165) is 43.6 Å². The third kappa shape index (κ3) is 5.29. The third-order valence-corrected chi connectivity index (χ3v) is 6.48. The number of amides is 1. The minimum Gasteiger partial charge on any atom is -0.456 e. The first-order valence-corrected chi connectivity index (χ1v) is 12.1. The van der Waals surface area contributed by atoms with Crippen LogP contribution in [0.5, 0.6) is 0 Å². The fourth-order valence-electron chi connectivity index (χ4n) is 4.15. The summed E-state index contributed by atoms with van der Waals surface area (Å²) in [5.74, 6) is 0.651. The van der Waals surface area contributed by atoms with Crippen LogP contribution in [0.4, 0.5) is 5.69 Å². The Kier molecular flexibility index (Phi) is 6.59. The zero-order valence-electron chi connectivity index (χ0n) is 18.6. The van der Waals surface area contributed by atoms with Crippen LogP contribution in [0.3, 0.4) is 0 Å². The van der Waals surface area contributed by atoms with Crippen LogP contribution in [0.1, 0.15) is 11.1 Å². The molecule has 4 heteroatoms. The molecule has 1 unspecified atom stereocenters. The highest BCUT2D eigenvalue weighted by Crippen LogP contribution is 2.29. The number of nitrogens with one attached hydrogen (secondary N) is 1. The van der Waals surface area contributed by atoms with Crippen molar-refractivity contribution in [3.8, 4) is 11.3 Å². The van der Waals surface area contributed by atoms with Crippen LogP contribution in [-0.2, 0) is 17.6 Å². The molecule has 1 atom stereocenters. The molecule has 168 valence electrons. The van der Waals surface area contributed by atoms with E-state index in [2.05, 4.69) is 45.5 Å². The van der Waals surface area contributed by atoms with Crippen molar-refractivity contribution in [1.29, 1.82) is 0 Å². The van der Waals surface area contributed by atoms with Gasteiger partial charge in [0.1, 0.15) is 11.3 Å². The molecule has 1 N–H and O–H groups in total. The lowest BCUT2D eigenvalue weighted by Crippen LogP contribution is -2.26. The lowest BCUT2D eigenvalue weighted by Gasteiger charge is -2.17. The van der Waals surface area contributed by atoms with Crippen molar-refractivity contribution in [2.24, 2.45) is 5.92 Å². The van der Waals surface area contributed by atoms with Gasteiger partial charge in [0.2, 0.25) is 5.91 Å². The first-order chi connectivity index (χ1) is 16.6. The Morgan fingerprint density at radius 1 is 0.765 bits per heavy atom. The van der Waals surface area contributed by atoms with Crippen molar-refractivity contribution in [2.45, 2.75) is 12.8 Å². The normalized spacial score (nSPS) is 11.9. The van der Waals surface area contributed by atoms with Gasteiger partial charge in [-0.1, -0.05) is 76.6 Å². The van der Waals surface area contributed by atoms with Gasteiger partial charge < -0.3 is 9.73 Å². The molecule has 0 bridgehead atoms. The molecule has 0 spiro atoms. The summed E-state index contributed by atoms with van der Waals surface area (Å²) in [5, 5.41) is 4.20. The highest BCUT2D eigenvalue weighted by atomic mass is 79.9. The van der Waals surface area contributed by atoms with E-state index >= 15 is 0 Å². The van der Waals surface area contributed by atoms with E-state index in [1.807, 2.05) is 84.9 Å². The lowest BCUT2D eigenvalue weighted by atomic mass is 9.91. The van der Waals surface area contributed by atoms with Gasteiger partial charge in [-0.25, -0.2) is 0 Å². The van der Waals surface area contributed by atoms with Gasteiger partial charge in [0.05, 0.1) is 0 Å². The van der Waals surface area contributed by atoms with E-state index in [9.17, 15) is 4.79 Å². The summed E-state index contributed by atoms with van der Waals surface area (Å²) in [6, 6.07) is 36.2. The molecule has 0 aliphatic carbocycles. The number of para-hydroxylation sites is 1. The molecule has 34 heavy (non-hydrogen) atoms. The molecule has 0 fully saturated rings. The number of halogens is 1. The molecule has 0 saturated carbocycles. The second-order valence-corrected chi connectivity index (χ2v) is 9.35. The molecule has 4 aromatic carbocycles. The Morgan fingerprint density at radius 2 is 1.41 bits per heavy atom. The summed E-state index contributed by atoms with van der Waals surface area (Å²) in [4.78, 5) is 13.3. The van der Waals surface area contributed by atoms with E-state index in [1.165, 1.54) is 0 Å². The van der Waals surface area contributed by atoms with Gasteiger partial charge in [-0.2, -0.15) is 0 Å². The van der Waals surface area contributed by atoms with E-state index in [-0.39, 0.29) is 11.8 Å². The van der Waals surface area contributed by atoms with Crippen LogP contribution in [0.15, 0.2) is 118 Å². The zero-order chi connectivity index (χ0) is 23.3. The molecule has 5 aromatic rings. The highest BCUT2D eigenvalue weighted by Gasteiger charge is 2.20. The molecule has 0 radical (unpaired) electrons. The summed E-state index contributed by atoms with van der Waals surface area (Å²) in [6.07, 6.45) is 1.35. The van der Waals surface area contributed by atoms with Crippen LogP contribution in [0.2, 0.25) is 0 Å². The van der Waals surface area contributed by atoms with E-state index in [0.29, 0.717) is 12.8 Å². The first kappa shape index (κ1) is 22.2. The standard InChI is InChI=1S/C30H24BrNO2/c31-26-14-10-22(11-15-26)19-25(18-21-6-2-1-3-7-21)30(33)32-27-16-12-23(13-17-27)29-20-24-8-4-5-9-28(24)34-29/h1-17,20,25H,18-19H2,(H,32,33). The minimum absolute atomic E-state index is 0.0169. The van der Waals surface area contributed by atoms with Gasteiger partial charge in [-0.05, 0) is 72.5 Å². The van der Waals surface area contributed by atoms with Crippen LogP contribution < -0.4 is 5.32 Å². The van der Waals surface area contributed by atoms with Gasteiger partial charge in [0.15, 0.2) is 0 Å². The van der Waals surface area contributed by atoms with Crippen LogP contribution in [-0.4, -0.2) is 5.91 Å². The average Bonchev–Trinajstić information content (AvgIpc) is 3.30. The Bertz CT molecular complexity index is 1360. The summed E-state index contributed by atoms with van der Waals surface area (Å²) < 4.78 is 7.00. The van der Waals surface area contributed by atoms with Crippen LogP contribution in [0, 0.1) is 5.92 Å². The average molecular weight is 510 g/mol. The summed E-state index contributed by atoms with van der Waals surface area (Å²) >= 11 is 3.49. The van der Waals surface area contributed by atoms with Crippen molar-refractivity contribution in [2.75, 3.05) is 5.32 Å². The van der Waals surface area contributed by atoms with Crippen molar-refractivity contribution >= 4 is 38.5 Å². The summed E-state index contributed by atoms with van der Waals surface area (Å²) in [7, 11) is 0. The number of carbonyl (C=O) groups excluding carboxylic acids is 1. The molecule has 0 aliphatic rings. The van der Waals surface area contributed by atoms with Gasteiger partial charge >= 0.3 is 0 Å². The fourth-order valence-corrected chi connectivity index (χ4v) is 4.41. The molecule has 1 amide bonds. The molecule has 0 saturated heterocycles. The second kappa shape index (κ2) is 10.1. The number of furan rings is 1. The van der Waals surface area contributed by atoms with Crippen LogP contribution >= 0.6 is 15.9 Å². The smallest absolute Gasteiger partial charge is 0.228 e. The summed E-state index contributed by atoms with van der Waals surface area (Å²) in [5.41, 5.74) is 4.91. The molecule has 5 rings (SSSR count). The van der Waals surface area contributed by atoms with Gasteiger partial charge in [-0.3, -0.25) is 4.79 Å². The predicted molar refractivity (Wildman–Crippen MR) is 142 cm³/mol. The topological polar surface area (TPSA) is 42.2 Å². The number of hydrogen-bond donors (Lipinski definition) is 1. The number of benzene rings is 4. The van der Waals surface area contributed by atoms with Crippen molar-refractivity contribution < 1.29 is 9.21 Å². The molecule has 3 nitrogen and oxygen atoms in total. The molecule has 1 aromatic heterocycles. The maximum atomic E-state index is 13.3. The Hall–Kier alpha value is -3.63. The minimum atomic E-state index is -0.182. The molecular weight excluding hydrogens is 486 g/mol. The monoisotopic (exact) mass is 509 g/mol. The Balaban J connectivity index is 1.32. The Labute approximate surface area is 207 Å². The maximum Gasteiger partial charge on any atom is 0.228 e. The predicted octanol–water partition coefficient (Wildman–Crippen LogP) is 7.90.